The zero-order valence-corrected chi connectivity index (χ0v) is 16.2. The minimum Gasteiger partial charge on any atom is -0.385 e. The molecule has 1 atom stereocenters. The quantitative estimate of drug-likeness (QED) is 0.480. The highest BCUT2D eigenvalue weighted by molar-refractivity contribution is 7.91. The number of sulfonamides is 1. The molecule has 1 amide bonds. The second-order valence-corrected chi connectivity index (χ2v) is 10.2. The van der Waals surface area contributed by atoms with E-state index in [2.05, 4.69) is 0 Å². The fraction of sp³-hybridized carbons (Fsp3) is 0.929. The van der Waals surface area contributed by atoms with E-state index < -0.39 is 19.9 Å². The molecule has 0 bridgehead atoms. The maximum atomic E-state index is 12.4. The zero-order chi connectivity index (χ0) is 18.4. The van der Waals surface area contributed by atoms with Crippen molar-refractivity contribution in [1.29, 1.82) is 0 Å². The Morgan fingerprint density at radius 2 is 1.96 bits per heavy atom. The predicted molar refractivity (Wildman–Crippen MR) is 92.0 cm³/mol. The lowest BCUT2D eigenvalue weighted by Gasteiger charge is -2.28. The lowest BCUT2D eigenvalue weighted by molar-refractivity contribution is -0.132. The van der Waals surface area contributed by atoms with Crippen LogP contribution in [0.25, 0.3) is 0 Å². The molecule has 1 saturated heterocycles. The number of methoxy groups -OCH3 is 1. The molecule has 10 heteroatoms. The number of rotatable bonds is 10. The van der Waals surface area contributed by atoms with Gasteiger partial charge in [-0.15, -0.1) is 0 Å². The molecule has 1 heterocycles. The summed E-state index contributed by atoms with van der Waals surface area (Å²) in [7, 11) is -4.92. The summed E-state index contributed by atoms with van der Waals surface area (Å²) in [6.45, 7) is 3.06. The zero-order valence-electron chi connectivity index (χ0n) is 14.6. The van der Waals surface area contributed by atoms with Gasteiger partial charge in [0.2, 0.25) is 15.9 Å². The largest absolute Gasteiger partial charge is 0.385 e. The van der Waals surface area contributed by atoms with Crippen LogP contribution in [0.15, 0.2) is 0 Å². The van der Waals surface area contributed by atoms with Gasteiger partial charge < -0.3 is 9.64 Å². The van der Waals surface area contributed by atoms with Gasteiger partial charge in [0.1, 0.15) is 0 Å². The molecule has 24 heavy (non-hydrogen) atoms. The Balaban J connectivity index is 2.63. The van der Waals surface area contributed by atoms with E-state index >= 15 is 0 Å². The van der Waals surface area contributed by atoms with Gasteiger partial charge in [-0.2, -0.15) is 0 Å². The van der Waals surface area contributed by atoms with Crippen LogP contribution in [0, 0.1) is 0 Å². The van der Waals surface area contributed by atoms with E-state index in [-0.39, 0.29) is 36.4 Å². The summed E-state index contributed by atoms with van der Waals surface area (Å²) >= 11 is 0. The van der Waals surface area contributed by atoms with Crippen LogP contribution in [0.4, 0.5) is 0 Å². The van der Waals surface area contributed by atoms with E-state index in [9.17, 15) is 21.6 Å². The Labute approximate surface area is 145 Å². The highest BCUT2D eigenvalue weighted by Crippen LogP contribution is 2.18. The number of carbonyl (C=O) groups is 1. The van der Waals surface area contributed by atoms with Crippen molar-refractivity contribution in [3.63, 3.8) is 0 Å². The molecule has 0 spiro atoms. The van der Waals surface area contributed by atoms with Gasteiger partial charge in [0.25, 0.3) is 0 Å². The molecule has 0 saturated carbocycles. The van der Waals surface area contributed by atoms with Crippen molar-refractivity contribution in [2.75, 3.05) is 51.1 Å². The van der Waals surface area contributed by atoms with Crippen LogP contribution in [0.1, 0.15) is 26.2 Å². The molecule has 0 radical (unpaired) electrons. The molecule has 8 nitrogen and oxygen atoms in total. The van der Waals surface area contributed by atoms with Crippen molar-refractivity contribution in [1.82, 2.24) is 9.21 Å². The average molecular weight is 385 g/mol. The Hall–Kier alpha value is -0.710. The van der Waals surface area contributed by atoms with E-state index in [1.807, 2.05) is 0 Å². The number of hydrogen-bond acceptors (Lipinski definition) is 6. The molecule has 1 aliphatic rings. The van der Waals surface area contributed by atoms with Gasteiger partial charge in [0, 0.05) is 45.8 Å². The summed E-state index contributed by atoms with van der Waals surface area (Å²) in [6.07, 6.45) is 2.16. The molecule has 0 aromatic rings. The molecular formula is C14H28N2O6S2. The first kappa shape index (κ1) is 21.3. The third kappa shape index (κ3) is 6.66. The van der Waals surface area contributed by atoms with Crippen molar-refractivity contribution in [3.8, 4) is 0 Å². The second-order valence-electron chi connectivity index (χ2n) is 6.00. The van der Waals surface area contributed by atoms with Crippen LogP contribution in [-0.2, 0) is 29.4 Å². The maximum absolute atomic E-state index is 12.4. The monoisotopic (exact) mass is 384 g/mol. The number of hydrogen-bond donors (Lipinski definition) is 0. The van der Waals surface area contributed by atoms with Gasteiger partial charge in [-0.1, -0.05) is 0 Å². The summed E-state index contributed by atoms with van der Waals surface area (Å²) in [5, 5.41) is 0. The lowest BCUT2D eigenvalue weighted by atomic mass is 10.2. The van der Waals surface area contributed by atoms with E-state index in [0.717, 1.165) is 6.26 Å². The summed E-state index contributed by atoms with van der Waals surface area (Å²) in [5.74, 6) is -0.107. The first-order valence-corrected chi connectivity index (χ1v) is 11.7. The van der Waals surface area contributed by atoms with E-state index in [0.29, 0.717) is 32.5 Å². The van der Waals surface area contributed by atoms with Crippen LogP contribution in [-0.4, -0.2) is 89.1 Å². The number of sulfone groups is 1. The first-order chi connectivity index (χ1) is 11.1. The van der Waals surface area contributed by atoms with Gasteiger partial charge in [-0.3, -0.25) is 4.79 Å². The van der Waals surface area contributed by atoms with Crippen molar-refractivity contribution in [3.05, 3.63) is 0 Å². The Morgan fingerprint density at radius 3 is 2.42 bits per heavy atom. The van der Waals surface area contributed by atoms with Gasteiger partial charge in [-0.25, -0.2) is 21.1 Å². The van der Waals surface area contributed by atoms with Gasteiger partial charge in [-0.05, 0) is 19.8 Å². The maximum Gasteiger partial charge on any atom is 0.224 e. The standard InChI is InChI=1S/C14H28N2O6S2/c1-4-16(13-7-11-24(20,21)12-13)14(17)6-9-15(23(3,18)19)8-5-10-22-2/h13H,4-12H2,1-3H3. The summed E-state index contributed by atoms with van der Waals surface area (Å²) in [5.41, 5.74) is 0. The van der Waals surface area contributed by atoms with E-state index in [1.165, 1.54) is 4.31 Å². The average Bonchev–Trinajstić information content (AvgIpc) is 2.82. The second kappa shape index (κ2) is 9.12. The summed E-state index contributed by atoms with van der Waals surface area (Å²) in [6, 6.07) is -0.298. The minimum absolute atomic E-state index is 0.00376. The molecule has 1 aliphatic heterocycles. The van der Waals surface area contributed by atoms with Crippen LogP contribution >= 0.6 is 0 Å². The van der Waals surface area contributed by atoms with Gasteiger partial charge in [0.05, 0.1) is 17.8 Å². The van der Waals surface area contributed by atoms with Gasteiger partial charge in [0.15, 0.2) is 9.84 Å². The van der Waals surface area contributed by atoms with Crippen LogP contribution in [0.5, 0.6) is 0 Å². The number of carbonyl (C=O) groups excluding carboxylic acids is 1. The van der Waals surface area contributed by atoms with Crippen molar-refractivity contribution in [2.24, 2.45) is 0 Å². The molecule has 0 aromatic carbocycles. The smallest absolute Gasteiger partial charge is 0.224 e. The van der Waals surface area contributed by atoms with E-state index in [4.69, 9.17) is 4.74 Å². The Morgan fingerprint density at radius 1 is 1.29 bits per heavy atom. The molecule has 1 unspecified atom stereocenters. The third-order valence-corrected chi connectivity index (χ3v) is 7.16. The highest BCUT2D eigenvalue weighted by Gasteiger charge is 2.34. The molecule has 0 aliphatic carbocycles. The summed E-state index contributed by atoms with van der Waals surface area (Å²) in [4.78, 5) is 14.0. The number of amides is 1. The van der Waals surface area contributed by atoms with Gasteiger partial charge >= 0.3 is 0 Å². The SMILES string of the molecule is CCN(C(=O)CCN(CCCOC)S(C)(=O)=O)C1CCS(=O)(=O)C1. The fourth-order valence-corrected chi connectivity index (χ4v) is 5.47. The molecule has 1 rings (SSSR count). The van der Waals surface area contributed by atoms with E-state index in [1.54, 1.807) is 18.9 Å². The van der Waals surface area contributed by atoms with Crippen molar-refractivity contribution >= 4 is 25.8 Å². The topological polar surface area (TPSA) is 101 Å². The van der Waals surface area contributed by atoms with Crippen LogP contribution < -0.4 is 0 Å². The first-order valence-electron chi connectivity index (χ1n) is 8.04. The van der Waals surface area contributed by atoms with Crippen molar-refractivity contribution in [2.45, 2.75) is 32.2 Å². The number of ether oxygens (including phenoxy) is 1. The Kier molecular flexibility index (Phi) is 8.10. The normalized spacial score (nSPS) is 20.4. The Bertz CT molecular complexity index is 617. The minimum atomic E-state index is -3.40. The molecule has 1 fully saturated rings. The van der Waals surface area contributed by atoms with Crippen molar-refractivity contribution < 1.29 is 26.4 Å². The third-order valence-electron chi connectivity index (χ3n) is 4.11. The highest BCUT2D eigenvalue weighted by atomic mass is 32.2. The summed E-state index contributed by atoms with van der Waals surface area (Å²) < 4.78 is 53.0. The van der Waals surface area contributed by atoms with Crippen LogP contribution in [0.2, 0.25) is 0 Å². The van der Waals surface area contributed by atoms with Crippen LogP contribution in [0.3, 0.4) is 0 Å². The lowest BCUT2D eigenvalue weighted by Crippen LogP contribution is -2.43. The fourth-order valence-electron chi connectivity index (χ4n) is 2.85. The number of nitrogens with zero attached hydrogens (tertiary/aromatic N) is 2. The molecular weight excluding hydrogens is 356 g/mol. The predicted octanol–water partition coefficient (Wildman–Crippen LogP) is -0.290. The molecule has 0 aromatic heterocycles. The molecule has 142 valence electrons. The molecule has 0 N–H and O–H groups in total.